The van der Waals surface area contributed by atoms with Crippen LogP contribution >= 0.6 is 23.4 Å². The van der Waals surface area contributed by atoms with Crippen LogP contribution in [-0.4, -0.2) is 47.1 Å². The minimum atomic E-state index is -0.123. The fourth-order valence-electron chi connectivity index (χ4n) is 2.43. The second-order valence-electron chi connectivity index (χ2n) is 5.86. The van der Waals surface area contributed by atoms with Crippen molar-refractivity contribution in [2.75, 3.05) is 30.8 Å². The molecule has 0 aliphatic rings. The molecule has 0 aliphatic heterocycles. The van der Waals surface area contributed by atoms with Gasteiger partial charge in [-0.3, -0.25) is 14.6 Å². The number of nitrogens with one attached hydrogen (secondary N) is 1. The van der Waals surface area contributed by atoms with E-state index in [1.54, 1.807) is 29.3 Å². The van der Waals surface area contributed by atoms with E-state index in [-0.39, 0.29) is 18.4 Å². The molecule has 0 saturated carbocycles. The standard InChI is InChI=1S/C20H24ClN3O3S/c1-3-24(4-2)20(26)12-27-18-9-8-15(11-17(18)21)23-19(25)14-28-13-16-7-5-6-10-22-16/h5-11H,3-4,12-14H2,1-2H3,(H,23,25). The number of rotatable bonds is 10. The third-order valence-electron chi connectivity index (χ3n) is 3.89. The number of pyridine rings is 1. The van der Waals surface area contributed by atoms with E-state index in [0.29, 0.717) is 41.1 Å². The molecule has 1 aromatic carbocycles. The molecule has 0 radical (unpaired) electrons. The van der Waals surface area contributed by atoms with E-state index in [0.717, 1.165) is 5.69 Å². The highest BCUT2D eigenvalue weighted by Gasteiger charge is 2.12. The summed E-state index contributed by atoms with van der Waals surface area (Å²) in [6, 6.07) is 10.7. The van der Waals surface area contributed by atoms with E-state index in [2.05, 4.69) is 10.3 Å². The lowest BCUT2D eigenvalue weighted by Gasteiger charge is -2.19. The first-order valence-electron chi connectivity index (χ1n) is 9.01. The van der Waals surface area contributed by atoms with Crippen LogP contribution in [0.2, 0.25) is 5.02 Å². The van der Waals surface area contributed by atoms with Gasteiger partial charge in [-0.05, 0) is 44.2 Å². The molecule has 0 atom stereocenters. The molecule has 0 fully saturated rings. The number of hydrogen-bond acceptors (Lipinski definition) is 5. The fraction of sp³-hybridized carbons (Fsp3) is 0.350. The zero-order valence-corrected chi connectivity index (χ0v) is 17.6. The van der Waals surface area contributed by atoms with Crippen molar-refractivity contribution in [3.8, 4) is 5.75 Å². The Balaban J connectivity index is 1.80. The number of benzene rings is 1. The minimum Gasteiger partial charge on any atom is -0.482 e. The van der Waals surface area contributed by atoms with Crippen molar-refractivity contribution in [2.45, 2.75) is 19.6 Å². The van der Waals surface area contributed by atoms with Crippen molar-refractivity contribution in [3.05, 3.63) is 53.3 Å². The molecule has 6 nitrogen and oxygen atoms in total. The molecular formula is C20H24ClN3O3S. The summed E-state index contributed by atoms with van der Waals surface area (Å²) in [5, 5.41) is 3.14. The fourth-order valence-corrected chi connectivity index (χ4v) is 3.41. The lowest BCUT2D eigenvalue weighted by atomic mass is 10.3. The Morgan fingerprint density at radius 2 is 2.00 bits per heavy atom. The number of likely N-dealkylation sites (N-methyl/N-ethyl adjacent to an activating group) is 1. The van der Waals surface area contributed by atoms with Gasteiger partial charge in [-0.25, -0.2) is 0 Å². The summed E-state index contributed by atoms with van der Waals surface area (Å²) >= 11 is 7.70. The Morgan fingerprint density at radius 3 is 2.64 bits per heavy atom. The smallest absolute Gasteiger partial charge is 0.260 e. The first kappa shape index (κ1) is 22.0. The number of hydrogen-bond donors (Lipinski definition) is 1. The Labute approximate surface area is 174 Å². The molecule has 0 bridgehead atoms. The van der Waals surface area contributed by atoms with Crippen molar-refractivity contribution in [1.29, 1.82) is 0 Å². The monoisotopic (exact) mass is 421 g/mol. The summed E-state index contributed by atoms with van der Waals surface area (Å²) < 4.78 is 5.51. The van der Waals surface area contributed by atoms with E-state index in [4.69, 9.17) is 16.3 Å². The Hall–Kier alpha value is -2.25. The molecule has 0 saturated heterocycles. The van der Waals surface area contributed by atoms with Crippen LogP contribution in [0.3, 0.4) is 0 Å². The van der Waals surface area contributed by atoms with Crippen molar-refractivity contribution < 1.29 is 14.3 Å². The lowest BCUT2D eigenvalue weighted by molar-refractivity contribution is -0.133. The van der Waals surface area contributed by atoms with Crippen LogP contribution in [0.15, 0.2) is 42.6 Å². The van der Waals surface area contributed by atoms with Gasteiger partial charge >= 0.3 is 0 Å². The van der Waals surface area contributed by atoms with Crippen LogP contribution in [-0.2, 0) is 15.3 Å². The van der Waals surface area contributed by atoms with Crippen LogP contribution < -0.4 is 10.1 Å². The number of carbonyl (C=O) groups excluding carboxylic acids is 2. The number of ether oxygens (including phenoxy) is 1. The highest BCUT2D eigenvalue weighted by atomic mass is 35.5. The molecule has 1 aromatic heterocycles. The normalized spacial score (nSPS) is 10.4. The second kappa shape index (κ2) is 11.6. The number of amides is 2. The number of anilines is 1. The van der Waals surface area contributed by atoms with Gasteiger partial charge in [0, 0.05) is 30.7 Å². The summed E-state index contributed by atoms with van der Waals surface area (Å²) in [6.45, 7) is 5.03. The Bertz CT molecular complexity index is 786. The number of carbonyl (C=O) groups is 2. The van der Waals surface area contributed by atoms with Gasteiger partial charge < -0.3 is 15.0 Å². The number of halogens is 1. The molecule has 0 aliphatic carbocycles. The Morgan fingerprint density at radius 1 is 1.21 bits per heavy atom. The number of thioether (sulfide) groups is 1. The first-order chi connectivity index (χ1) is 13.5. The third-order valence-corrected chi connectivity index (χ3v) is 5.15. The molecule has 150 valence electrons. The molecule has 0 unspecified atom stereocenters. The maximum atomic E-state index is 12.1. The first-order valence-corrected chi connectivity index (χ1v) is 10.5. The second-order valence-corrected chi connectivity index (χ2v) is 7.25. The molecule has 1 heterocycles. The summed E-state index contributed by atoms with van der Waals surface area (Å²) in [4.78, 5) is 30.0. The van der Waals surface area contributed by atoms with Gasteiger partial charge in [0.1, 0.15) is 5.75 Å². The van der Waals surface area contributed by atoms with Gasteiger partial charge in [-0.1, -0.05) is 17.7 Å². The molecule has 2 amide bonds. The maximum Gasteiger partial charge on any atom is 0.260 e. The lowest BCUT2D eigenvalue weighted by Crippen LogP contribution is -2.34. The highest BCUT2D eigenvalue weighted by Crippen LogP contribution is 2.28. The molecule has 28 heavy (non-hydrogen) atoms. The topological polar surface area (TPSA) is 71.5 Å². The van der Waals surface area contributed by atoms with Crippen molar-refractivity contribution >= 4 is 40.9 Å². The quantitative estimate of drug-likeness (QED) is 0.630. The van der Waals surface area contributed by atoms with Crippen molar-refractivity contribution in [2.24, 2.45) is 0 Å². The van der Waals surface area contributed by atoms with Crippen LogP contribution in [0.25, 0.3) is 0 Å². The predicted octanol–water partition coefficient (Wildman–Crippen LogP) is 3.85. The summed E-state index contributed by atoms with van der Waals surface area (Å²) in [5.41, 5.74) is 1.51. The van der Waals surface area contributed by atoms with Gasteiger partial charge in [0.2, 0.25) is 5.91 Å². The van der Waals surface area contributed by atoms with Gasteiger partial charge in [-0.15, -0.1) is 11.8 Å². The van der Waals surface area contributed by atoms with E-state index in [1.807, 2.05) is 32.0 Å². The summed E-state index contributed by atoms with van der Waals surface area (Å²) in [7, 11) is 0. The maximum absolute atomic E-state index is 12.1. The predicted molar refractivity (Wildman–Crippen MR) is 114 cm³/mol. The molecule has 2 rings (SSSR count). The largest absolute Gasteiger partial charge is 0.482 e. The third kappa shape index (κ3) is 7.05. The van der Waals surface area contributed by atoms with Gasteiger partial charge in [0.05, 0.1) is 16.5 Å². The number of aromatic nitrogens is 1. The Kier molecular flexibility index (Phi) is 9.10. The van der Waals surface area contributed by atoms with Gasteiger partial charge in [0.25, 0.3) is 5.91 Å². The average molecular weight is 422 g/mol. The minimum absolute atomic E-state index is 0.0722. The summed E-state index contributed by atoms with van der Waals surface area (Å²) in [6.07, 6.45) is 1.73. The molecule has 1 N–H and O–H groups in total. The van der Waals surface area contributed by atoms with Crippen LogP contribution in [0.5, 0.6) is 5.75 Å². The average Bonchev–Trinajstić information content (AvgIpc) is 2.69. The van der Waals surface area contributed by atoms with Crippen LogP contribution in [0.4, 0.5) is 5.69 Å². The van der Waals surface area contributed by atoms with E-state index in [1.165, 1.54) is 11.8 Å². The van der Waals surface area contributed by atoms with Gasteiger partial charge in [-0.2, -0.15) is 0 Å². The van der Waals surface area contributed by atoms with E-state index >= 15 is 0 Å². The molecule has 8 heteroatoms. The van der Waals surface area contributed by atoms with Crippen molar-refractivity contribution in [1.82, 2.24) is 9.88 Å². The van der Waals surface area contributed by atoms with Gasteiger partial charge in [0.15, 0.2) is 6.61 Å². The van der Waals surface area contributed by atoms with Crippen LogP contribution in [0, 0.1) is 0 Å². The molecular weight excluding hydrogens is 398 g/mol. The SMILES string of the molecule is CCN(CC)C(=O)COc1ccc(NC(=O)CSCc2ccccn2)cc1Cl. The molecule has 0 spiro atoms. The number of nitrogens with zero attached hydrogens (tertiary/aromatic N) is 2. The zero-order chi connectivity index (χ0) is 20.4. The van der Waals surface area contributed by atoms with E-state index in [9.17, 15) is 9.59 Å². The van der Waals surface area contributed by atoms with Crippen molar-refractivity contribution in [3.63, 3.8) is 0 Å². The molecule has 2 aromatic rings. The summed E-state index contributed by atoms with van der Waals surface area (Å²) in [5.74, 6) is 1.17. The van der Waals surface area contributed by atoms with Crippen LogP contribution in [0.1, 0.15) is 19.5 Å². The highest BCUT2D eigenvalue weighted by molar-refractivity contribution is 7.99. The van der Waals surface area contributed by atoms with E-state index < -0.39 is 0 Å². The zero-order valence-electron chi connectivity index (χ0n) is 16.0.